The van der Waals surface area contributed by atoms with E-state index in [9.17, 15) is 0 Å². The number of methoxy groups -OCH3 is 1. The zero-order valence-corrected chi connectivity index (χ0v) is 9.38. The molecule has 3 atom stereocenters. The van der Waals surface area contributed by atoms with Gasteiger partial charge in [0, 0.05) is 37.6 Å². The molecule has 3 heteroatoms. The molecular formula is C11H21NO2. The van der Waals surface area contributed by atoms with Crippen LogP contribution in [0.2, 0.25) is 0 Å². The van der Waals surface area contributed by atoms with Crippen molar-refractivity contribution in [3.63, 3.8) is 0 Å². The van der Waals surface area contributed by atoms with E-state index in [1.807, 2.05) is 0 Å². The molecule has 1 aliphatic carbocycles. The van der Waals surface area contributed by atoms with Crippen LogP contribution in [0, 0.1) is 11.3 Å². The van der Waals surface area contributed by atoms with Gasteiger partial charge in [0.2, 0.25) is 0 Å². The highest BCUT2D eigenvalue weighted by Gasteiger charge is 2.58. The third-order valence-electron chi connectivity index (χ3n) is 3.77. The lowest BCUT2D eigenvalue weighted by Gasteiger charge is -2.55. The van der Waals surface area contributed by atoms with Gasteiger partial charge in [-0.2, -0.15) is 0 Å². The Morgan fingerprint density at radius 2 is 2.29 bits per heavy atom. The zero-order valence-electron chi connectivity index (χ0n) is 9.38. The standard InChI is InChI=1S/C11H21NO2/c1-11(2)9(12-5-7-13-3)8-4-6-14-10(8)11/h8-10,12H,4-7H2,1-3H3. The fourth-order valence-electron chi connectivity index (χ4n) is 3.06. The Bertz CT molecular complexity index is 205. The summed E-state index contributed by atoms with van der Waals surface area (Å²) in [6.07, 6.45) is 1.71. The van der Waals surface area contributed by atoms with E-state index in [0.717, 1.165) is 25.7 Å². The first-order valence-corrected chi connectivity index (χ1v) is 5.52. The summed E-state index contributed by atoms with van der Waals surface area (Å²) in [4.78, 5) is 0. The first-order valence-electron chi connectivity index (χ1n) is 5.52. The van der Waals surface area contributed by atoms with Crippen molar-refractivity contribution in [1.82, 2.24) is 5.32 Å². The molecule has 0 radical (unpaired) electrons. The molecule has 1 saturated carbocycles. The van der Waals surface area contributed by atoms with Crippen LogP contribution in [-0.4, -0.2) is 39.0 Å². The summed E-state index contributed by atoms with van der Waals surface area (Å²) in [5.41, 5.74) is 0.301. The number of hydrogen-bond donors (Lipinski definition) is 1. The fraction of sp³-hybridized carbons (Fsp3) is 1.00. The van der Waals surface area contributed by atoms with Crippen LogP contribution in [0.1, 0.15) is 20.3 Å². The molecule has 0 bridgehead atoms. The van der Waals surface area contributed by atoms with Crippen molar-refractivity contribution < 1.29 is 9.47 Å². The second-order valence-corrected chi connectivity index (χ2v) is 4.99. The highest BCUT2D eigenvalue weighted by Crippen LogP contribution is 2.51. The molecule has 2 fully saturated rings. The maximum Gasteiger partial charge on any atom is 0.0685 e. The van der Waals surface area contributed by atoms with Crippen molar-refractivity contribution in [2.45, 2.75) is 32.4 Å². The Balaban J connectivity index is 1.86. The van der Waals surface area contributed by atoms with Crippen LogP contribution in [0.3, 0.4) is 0 Å². The van der Waals surface area contributed by atoms with Crippen LogP contribution in [0.5, 0.6) is 0 Å². The second kappa shape index (κ2) is 3.80. The summed E-state index contributed by atoms with van der Waals surface area (Å²) in [6, 6.07) is 0.616. The minimum Gasteiger partial charge on any atom is -0.383 e. The third-order valence-corrected chi connectivity index (χ3v) is 3.77. The fourth-order valence-corrected chi connectivity index (χ4v) is 3.06. The first kappa shape index (κ1) is 10.4. The van der Waals surface area contributed by atoms with Crippen LogP contribution in [-0.2, 0) is 9.47 Å². The number of nitrogens with one attached hydrogen (secondary N) is 1. The highest BCUT2D eigenvalue weighted by molar-refractivity contribution is 5.11. The van der Waals surface area contributed by atoms with Crippen molar-refractivity contribution in [2.24, 2.45) is 11.3 Å². The molecule has 2 aliphatic rings. The molecule has 1 saturated heterocycles. The van der Waals surface area contributed by atoms with Crippen molar-refractivity contribution in [2.75, 3.05) is 26.9 Å². The first-order chi connectivity index (χ1) is 6.68. The van der Waals surface area contributed by atoms with Gasteiger partial charge in [-0.15, -0.1) is 0 Å². The molecule has 0 aromatic rings. The van der Waals surface area contributed by atoms with E-state index >= 15 is 0 Å². The topological polar surface area (TPSA) is 30.5 Å². The molecule has 0 aromatic carbocycles. The van der Waals surface area contributed by atoms with Crippen molar-refractivity contribution in [3.8, 4) is 0 Å². The zero-order chi connectivity index (χ0) is 10.2. The van der Waals surface area contributed by atoms with Crippen LogP contribution in [0.15, 0.2) is 0 Å². The molecule has 14 heavy (non-hydrogen) atoms. The van der Waals surface area contributed by atoms with Gasteiger partial charge in [-0.25, -0.2) is 0 Å². The largest absolute Gasteiger partial charge is 0.383 e. The number of hydrogen-bond acceptors (Lipinski definition) is 3. The average Bonchev–Trinajstić information content (AvgIpc) is 2.58. The van der Waals surface area contributed by atoms with Gasteiger partial charge in [0.25, 0.3) is 0 Å². The summed E-state index contributed by atoms with van der Waals surface area (Å²) in [7, 11) is 1.75. The third kappa shape index (κ3) is 1.47. The Morgan fingerprint density at radius 1 is 1.50 bits per heavy atom. The van der Waals surface area contributed by atoms with Crippen LogP contribution >= 0.6 is 0 Å². The molecule has 2 rings (SSSR count). The van der Waals surface area contributed by atoms with Crippen molar-refractivity contribution in [1.29, 1.82) is 0 Å². The molecule has 82 valence electrons. The van der Waals surface area contributed by atoms with Gasteiger partial charge < -0.3 is 14.8 Å². The predicted molar refractivity (Wildman–Crippen MR) is 55.3 cm³/mol. The summed E-state index contributed by atoms with van der Waals surface area (Å²) in [5, 5.41) is 3.58. The smallest absolute Gasteiger partial charge is 0.0685 e. The number of ether oxygens (including phenoxy) is 2. The van der Waals surface area contributed by atoms with Gasteiger partial charge >= 0.3 is 0 Å². The minimum atomic E-state index is 0.301. The molecule has 3 nitrogen and oxygen atoms in total. The Hall–Kier alpha value is -0.120. The maximum atomic E-state index is 5.73. The van der Waals surface area contributed by atoms with Gasteiger partial charge in [-0.1, -0.05) is 13.8 Å². The summed E-state index contributed by atoms with van der Waals surface area (Å²) < 4.78 is 10.8. The predicted octanol–water partition coefficient (Wildman–Crippen LogP) is 1.04. The van der Waals surface area contributed by atoms with Gasteiger partial charge in [-0.3, -0.25) is 0 Å². The quantitative estimate of drug-likeness (QED) is 0.686. The van der Waals surface area contributed by atoms with Gasteiger partial charge in [0.1, 0.15) is 0 Å². The van der Waals surface area contributed by atoms with Gasteiger partial charge in [0.05, 0.1) is 12.7 Å². The molecular weight excluding hydrogens is 178 g/mol. The molecule has 1 N–H and O–H groups in total. The Morgan fingerprint density at radius 3 is 3.00 bits per heavy atom. The Kier molecular flexibility index (Phi) is 2.82. The summed E-state index contributed by atoms with van der Waals surface area (Å²) in [6.45, 7) is 7.29. The van der Waals surface area contributed by atoms with E-state index in [1.54, 1.807) is 7.11 Å². The Labute approximate surface area is 86.2 Å². The van der Waals surface area contributed by atoms with Crippen molar-refractivity contribution >= 4 is 0 Å². The minimum absolute atomic E-state index is 0.301. The van der Waals surface area contributed by atoms with E-state index in [0.29, 0.717) is 17.6 Å². The molecule has 0 aromatic heterocycles. The molecule has 1 heterocycles. The average molecular weight is 199 g/mol. The number of fused-ring (bicyclic) bond motifs is 1. The van der Waals surface area contributed by atoms with E-state index in [-0.39, 0.29) is 0 Å². The van der Waals surface area contributed by atoms with E-state index in [4.69, 9.17) is 9.47 Å². The molecule has 3 unspecified atom stereocenters. The highest BCUT2D eigenvalue weighted by atomic mass is 16.5. The lowest BCUT2D eigenvalue weighted by atomic mass is 9.57. The van der Waals surface area contributed by atoms with Crippen molar-refractivity contribution in [3.05, 3.63) is 0 Å². The van der Waals surface area contributed by atoms with E-state index in [1.165, 1.54) is 6.42 Å². The lowest BCUT2D eigenvalue weighted by molar-refractivity contribution is -0.113. The normalized spacial score (nSPS) is 39.2. The number of rotatable bonds is 4. The maximum absolute atomic E-state index is 5.73. The summed E-state index contributed by atoms with van der Waals surface area (Å²) >= 11 is 0. The van der Waals surface area contributed by atoms with Crippen LogP contribution < -0.4 is 5.32 Å². The summed E-state index contributed by atoms with van der Waals surface area (Å²) in [5.74, 6) is 0.738. The van der Waals surface area contributed by atoms with E-state index in [2.05, 4.69) is 19.2 Å². The SMILES string of the molecule is COCCNC1C2CCOC2C1(C)C. The van der Waals surface area contributed by atoms with E-state index < -0.39 is 0 Å². The lowest BCUT2D eigenvalue weighted by Crippen LogP contribution is -2.66. The van der Waals surface area contributed by atoms with Crippen LogP contribution in [0.25, 0.3) is 0 Å². The van der Waals surface area contributed by atoms with Gasteiger partial charge in [-0.05, 0) is 6.42 Å². The monoisotopic (exact) mass is 199 g/mol. The molecule has 0 spiro atoms. The molecule has 1 aliphatic heterocycles. The van der Waals surface area contributed by atoms with Crippen LogP contribution in [0.4, 0.5) is 0 Å². The second-order valence-electron chi connectivity index (χ2n) is 4.99. The van der Waals surface area contributed by atoms with Gasteiger partial charge in [0.15, 0.2) is 0 Å². The molecule has 0 amide bonds.